The van der Waals surface area contributed by atoms with Gasteiger partial charge in [0, 0.05) is 31.2 Å². The molecule has 2 aromatic carbocycles. The van der Waals surface area contributed by atoms with Gasteiger partial charge in [-0.3, -0.25) is 0 Å². The number of rotatable bonds is 10. The van der Waals surface area contributed by atoms with Crippen LogP contribution in [-0.2, 0) is 16.1 Å². The maximum atomic E-state index is 6.00. The number of benzene rings is 2. The van der Waals surface area contributed by atoms with E-state index in [1.165, 1.54) is 0 Å². The summed E-state index contributed by atoms with van der Waals surface area (Å²) in [6.45, 7) is 8.31. The van der Waals surface area contributed by atoms with Gasteiger partial charge in [0.15, 0.2) is 11.5 Å². The molecule has 11 nitrogen and oxygen atoms in total. The number of hydrogen-bond acceptors (Lipinski definition) is 11. The normalized spacial score (nSPS) is 15.9. The average Bonchev–Trinajstić information content (AvgIpc) is 2.98. The van der Waals surface area contributed by atoms with Gasteiger partial charge in [0.1, 0.15) is 6.61 Å². The highest BCUT2D eigenvalue weighted by Crippen LogP contribution is 2.29. The third-order valence-corrected chi connectivity index (χ3v) is 6.41. The lowest BCUT2D eigenvalue weighted by Gasteiger charge is -2.30. The molecular formula is C27H32ClN7O4. The molecule has 3 aromatic rings. The topological polar surface area (TPSA) is 106 Å². The highest BCUT2D eigenvalue weighted by Gasteiger charge is 2.20. The Morgan fingerprint density at radius 3 is 2.13 bits per heavy atom. The number of morpholine rings is 2. The van der Waals surface area contributed by atoms with Crippen LogP contribution in [0.4, 0.5) is 17.8 Å². The smallest absolute Gasteiger partial charge is 0.250 e. The molecule has 0 spiro atoms. The summed E-state index contributed by atoms with van der Waals surface area (Å²) in [7, 11) is 0. The van der Waals surface area contributed by atoms with Gasteiger partial charge in [0.25, 0.3) is 0 Å². The molecule has 0 saturated carbocycles. The summed E-state index contributed by atoms with van der Waals surface area (Å²) in [5.74, 6) is 2.87. The molecule has 12 heteroatoms. The SMILES string of the molecule is CCOc1cc(/C=N\Nc2nc(N3CCOCC3)nc(N3CCOCC3)n2)ccc1OCc1ccc(Cl)cc1. The van der Waals surface area contributed by atoms with Crippen LogP contribution < -0.4 is 24.7 Å². The van der Waals surface area contributed by atoms with E-state index in [0.717, 1.165) is 37.3 Å². The summed E-state index contributed by atoms with van der Waals surface area (Å²) in [5, 5.41) is 5.09. The first-order valence-corrected chi connectivity index (χ1v) is 13.4. The minimum absolute atomic E-state index is 0.372. The summed E-state index contributed by atoms with van der Waals surface area (Å²) < 4.78 is 22.8. The van der Waals surface area contributed by atoms with Crippen LogP contribution in [0.3, 0.4) is 0 Å². The predicted octanol–water partition coefficient (Wildman–Crippen LogP) is 3.62. The second-order valence-electron chi connectivity index (χ2n) is 8.88. The number of anilines is 3. The van der Waals surface area contributed by atoms with Gasteiger partial charge < -0.3 is 28.7 Å². The molecule has 0 radical (unpaired) electrons. The fourth-order valence-electron chi connectivity index (χ4n) is 4.11. The highest BCUT2D eigenvalue weighted by atomic mass is 35.5. The molecule has 39 heavy (non-hydrogen) atoms. The van der Waals surface area contributed by atoms with Crippen LogP contribution in [-0.4, -0.2) is 80.4 Å². The lowest BCUT2D eigenvalue weighted by molar-refractivity contribution is 0.121. The van der Waals surface area contributed by atoms with Gasteiger partial charge in [0.2, 0.25) is 17.8 Å². The number of aromatic nitrogens is 3. The van der Waals surface area contributed by atoms with Crippen molar-refractivity contribution in [1.29, 1.82) is 0 Å². The minimum atomic E-state index is 0.372. The van der Waals surface area contributed by atoms with Crippen molar-refractivity contribution in [2.75, 3.05) is 74.4 Å². The van der Waals surface area contributed by atoms with Gasteiger partial charge in [-0.25, -0.2) is 5.43 Å². The van der Waals surface area contributed by atoms with Crippen molar-refractivity contribution in [3.63, 3.8) is 0 Å². The Morgan fingerprint density at radius 1 is 0.872 bits per heavy atom. The van der Waals surface area contributed by atoms with Crippen LogP contribution in [0.5, 0.6) is 11.5 Å². The van der Waals surface area contributed by atoms with E-state index in [1.807, 2.05) is 49.4 Å². The van der Waals surface area contributed by atoms with Crippen molar-refractivity contribution in [3.8, 4) is 11.5 Å². The Bertz CT molecular complexity index is 1210. The fourth-order valence-corrected chi connectivity index (χ4v) is 4.24. The first-order chi connectivity index (χ1) is 19.2. The van der Waals surface area contributed by atoms with E-state index < -0.39 is 0 Å². The van der Waals surface area contributed by atoms with E-state index in [4.69, 9.17) is 35.5 Å². The Hall–Kier alpha value is -3.67. The van der Waals surface area contributed by atoms with Crippen molar-refractivity contribution in [2.45, 2.75) is 13.5 Å². The van der Waals surface area contributed by atoms with E-state index in [2.05, 4.69) is 30.3 Å². The molecule has 1 aromatic heterocycles. The minimum Gasteiger partial charge on any atom is -0.490 e. The molecule has 2 aliphatic rings. The molecule has 0 bridgehead atoms. The molecule has 0 aliphatic carbocycles. The van der Waals surface area contributed by atoms with Gasteiger partial charge in [-0.1, -0.05) is 23.7 Å². The third-order valence-electron chi connectivity index (χ3n) is 6.15. The lowest BCUT2D eigenvalue weighted by atomic mass is 10.2. The van der Waals surface area contributed by atoms with Gasteiger partial charge in [-0.2, -0.15) is 20.1 Å². The van der Waals surface area contributed by atoms with Crippen molar-refractivity contribution in [3.05, 3.63) is 58.6 Å². The average molecular weight is 554 g/mol. The molecule has 5 rings (SSSR count). The molecule has 3 heterocycles. The zero-order valence-corrected chi connectivity index (χ0v) is 22.6. The second kappa shape index (κ2) is 13.4. The molecule has 0 amide bonds. The number of ether oxygens (including phenoxy) is 4. The van der Waals surface area contributed by atoms with E-state index in [9.17, 15) is 0 Å². The van der Waals surface area contributed by atoms with E-state index in [0.29, 0.717) is 74.0 Å². The van der Waals surface area contributed by atoms with Gasteiger partial charge >= 0.3 is 0 Å². The predicted molar refractivity (Wildman–Crippen MR) is 151 cm³/mol. The zero-order chi connectivity index (χ0) is 26.9. The monoisotopic (exact) mass is 553 g/mol. The maximum absolute atomic E-state index is 6.00. The quantitative estimate of drug-likeness (QED) is 0.295. The standard InChI is InChI=1S/C27H32ClN7O4/c1-2-38-24-17-21(5-8-23(24)39-19-20-3-6-22(28)7-4-20)18-29-33-25-30-26(34-9-13-36-14-10-34)32-27(31-25)35-11-15-37-16-12-35/h3-8,17-18H,2,9-16,19H2,1H3,(H,30,31,32,33)/b29-18-. The maximum Gasteiger partial charge on any atom is 0.250 e. The number of hydrazone groups is 1. The van der Waals surface area contributed by atoms with Crippen LogP contribution in [0, 0.1) is 0 Å². The van der Waals surface area contributed by atoms with Gasteiger partial charge in [-0.05, 0) is 48.4 Å². The number of hydrogen-bond donors (Lipinski definition) is 1. The highest BCUT2D eigenvalue weighted by molar-refractivity contribution is 6.30. The molecule has 2 fully saturated rings. The molecule has 1 N–H and O–H groups in total. The van der Waals surface area contributed by atoms with E-state index in [1.54, 1.807) is 6.21 Å². The number of halogens is 1. The fraction of sp³-hybridized carbons (Fsp3) is 0.407. The van der Waals surface area contributed by atoms with E-state index >= 15 is 0 Å². The van der Waals surface area contributed by atoms with Gasteiger partial charge in [-0.15, -0.1) is 0 Å². The number of nitrogens with one attached hydrogen (secondary N) is 1. The summed E-state index contributed by atoms with van der Waals surface area (Å²) in [6.07, 6.45) is 1.69. The van der Waals surface area contributed by atoms with E-state index in [-0.39, 0.29) is 0 Å². The largest absolute Gasteiger partial charge is 0.490 e. The molecule has 2 saturated heterocycles. The molecular weight excluding hydrogens is 522 g/mol. The van der Waals surface area contributed by atoms with Crippen LogP contribution in [0.15, 0.2) is 47.6 Å². The first kappa shape index (κ1) is 26.9. The van der Waals surface area contributed by atoms with Crippen LogP contribution in [0.2, 0.25) is 5.02 Å². The lowest BCUT2D eigenvalue weighted by Crippen LogP contribution is -2.40. The Balaban J connectivity index is 1.29. The van der Waals surface area contributed by atoms with Crippen molar-refractivity contribution < 1.29 is 18.9 Å². The van der Waals surface area contributed by atoms with Crippen molar-refractivity contribution in [1.82, 2.24) is 15.0 Å². The Morgan fingerprint density at radius 2 is 1.51 bits per heavy atom. The molecule has 0 atom stereocenters. The van der Waals surface area contributed by atoms with Crippen molar-refractivity contribution in [2.24, 2.45) is 5.10 Å². The summed E-state index contributed by atoms with van der Waals surface area (Å²) >= 11 is 5.98. The van der Waals surface area contributed by atoms with Crippen LogP contribution in [0.25, 0.3) is 0 Å². The van der Waals surface area contributed by atoms with Crippen molar-refractivity contribution >= 4 is 35.7 Å². The van der Waals surface area contributed by atoms with Gasteiger partial charge in [0.05, 0.1) is 39.2 Å². The summed E-state index contributed by atoms with van der Waals surface area (Å²) in [6, 6.07) is 13.2. The third kappa shape index (κ3) is 7.47. The molecule has 2 aliphatic heterocycles. The Kier molecular flexibility index (Phi) is 9.26. The second-order valence-corrected chi connectivity index (χ2v) is 9.32. The zero-order valence-electron chi connectivity index (χ0n) is 21.9. The molecule has 0 unspecified atom stereocenters. The summed E-state index contributed by atoms with van der Waals surface area (Å²) in [4.78, 5) is 18.1. The molecule has 206 valence electrons. The van der Waals surface area contributed by atoms with Crippen LogP contribution >= 0.6 is 11.6 Å². The summed E-state index contributed by atoms with van der Waals surface area (Å²) in [5.41, 5.74) is 4.83. The first-order valence-electron chi connectivity index (χ1n) is 13.0. The van der Waals surface area contributed by atoms with Crippen LogP contribution in [0.1, 0.15) is 18.1 Å². The number of nitrogens with zero attached hydrogens (tertiary/aromatic N) is 6. The Labute approximate surface area is 232 Å².